The van der Waals surface area contributed by atoms with Crippen molar-refractivity contribution in [3.05, 3.63) is 52.1 Å². The van der Waals surface area contributed by atoms with Crippen LogP contribution in [0.1, 0.15) is 17.2 Å². The molecule has 1 aromatic carbocycles. The molecule has 0 amide bonds. The molecule has 4 nitrogen and oxygen atoms in total. The zero-order chi connectivity index (χ0) is 14.7. The molecule has 2 N–H and O–H groups in total. The van der Waals surface area contributed by atoms with Crippen LogP contribution in [-0.2, 0) is 4.74 Å². The number of rotatable bonds is 3. The van der Waals surface area contributed by atoms with Crippen molar-refractivity contribution in [2.24, 2.45) is 0 Å². The Kier molecular flexibility index (Phi) is 4.53. The van der Waals surface area contributed by atoms with Crippen LogP contribution >= 0.6 is 15.9 Å². The van der Waals surface area contributed by atoms with Crippen molar-refractivity contribution in [3.63, 3.8) is 0 Å². The van der Waals surface area contributed by atoms with E-state index >= 15 is 0 Å². The number of halogens is 1. The third-order valence-electron chi connectivity index (χ3n) is 3.53. The van der Waals surface area contributed by atoms with Crippen LogP contribution in [-0.4, -0.2) is 24.7 Å². The Hall–Kier alpha value is -1.43. The van der Waals surface area contributed by atoms with Gasteiger partial charge < -0.3 is 15.4 Å². The fraction of sp³-hybridized carbons (Fsp3) is 0.312. The maximum atomic E-state index is 5.75. The summed E-state index contributed by atoms with van der Waals surface area (Å²) < 4.78 is 6.77. The number of nitrogens with one attached hydrogen (secondary N) is 2. The van der Waals surface area contributed by atoms with Gasteiger partial charge >= 0.3 is 0 Å². The number of morpholine rings is 1. The molecule has 21 heavy (non-hydrogen) atoms. The van der Waals surface area contributed by atoms with Gasteiger partial charge in [-0.25, -0.2) is 4.98 Å². The highest BCUT2D eigenvalue weighted by molar-refractivity contribution is 9.10. The van der Waals surface area contributed by atoms with Gasteiger partial charge in [0, 0.05) is 29.4 Å². The first-order valence-electron chi connectivity index (χ1n) is 7.04. The summed E-state index contributed by atoms with van der Waals surface area (Å²) >= 11 is 3.46. The van der Waals surface area contributed by atoms with Crippen molar-refractivity contribution in [2.45, 2.75) is 13.0 Å². The van der Waals surface area contributed by atoms with Gasteiger partial charge in [-0.1, -0.05) is 12.1 Å². The number of hydrogen-bond donors (Lipinski definition) is 2. The molecule has 0 spiro atoms. The first-order valence-corrected chi connectivity index (χ1v) is 7.83. The van der Waals surface area contributed by atoms with Crippen molar-refractivity contribution in [3.8, 4) is 0 Å². The number of anilines is 2. The number of pyridine rings is 1. The summed E-state index contributed by atoms with van der Waals surface area (Å²) in [5, 5.41) is 6.66. The first kappa shape index (κ1) is 14.5. The molecule has 1 aromatic heterocycles. The molecule has 0 aliphatic carbocycles. The zero-order valence-corrected chi connectivity index (χ0v) is 13.5. The van der Waals surface area contributed by atoms with E-state index in [0.29, 0.717) is 0 Å². The van der Waals surface area contributed by atoms with Crippen LogP contribution < -0.4 is 10.6 Å². The Morgan fingerprint density at radius 3 is 2.81 bits per heavy atom. The zero-order valence-electron chi connectivity index (χ0n) is 11.9. The van der Waals surface area contributed by atoms with Crippen molar-refractivity contribution in [1.82, 2.24) is 10.3 Å². The molecule has 0 bridgehead atoms. The second-order valence-corrected chi connectivity index (χ2v) is 5.98. The number of aryl methyl sites for hydroxylation is 1. The minimum Gasteiger partial charge on any atom is -0.371 e. The summed E-state index contributed by atoms with van der Waals surface area (Å²) in [7, 11) is 0. The monoisotopic (exact) mass is 347 g/mol. The molecule has 1 atom stereocenters. The molecule has 1 aliphatic rings. The second kappa shape index (κ2) is 6.56. The molecule has 0 radical (unpaired) electrons. The van der Waals surface area contributed by atoms with Crippen LogP contribution in [0.15, 0.2) is 41.0 Å². The highest BCUT2D eigenvalue weighted by Crippen LogP contribution is 2.23. The molecular formula is C16H18BrN3O. The average Bonchev–Trinajstić information content (AvgIpc) is 2.53. The lowest BCUT2D eigenvalue weighted by Gasteiger charge is -2.24. The third kappa shape index (κ3) is 3.61. The normalized spacial score (nSPS) is 18.5. The Balaban J connectivity index is 1.70. The van der Waals surface area contributed by atoms with E-state index in [9.17, 15) is 0 Å². The molecular weight excluding hydrogens is 330 g/mol. The molecule has 1 saturated heterocycles. The van der Waals surface area contributed by atoms with Crippen LogP contribution in [0.4, 0.5) is 11.5 Å². The van der Waals surface area contributed by atoms with Crippen molar-refractivity contribution in [2.75, 3.05) is 25.0 Å². The van der Waals surface area contributed by atoms with Crippen molar-refractivity contribution in [1.29, 1.82) is 0 Å². The van der Waals surface area contributed by atoms with E-state index in [4.69, 9.17) is 4.74 Å². The van der Waals surface area contributed by atoms with Gasteiger partial charge in [0.2, 0.25) is 0 Å². The van der Waals surface area contributed by atoms with E-state index in [-0.39, 0.29) is 6.10 Å². The summed E-state index contributed by atoms with van der Waals surface area (Å²) in [6.07, 6.45) is 1.97. The van der Waals surface area contributed by atoms with Crippen molar-refractivity contribution >= 4 is 27.4 Å². The van der Waals surface area contributed by atoms with E-state index in [1.165, 1.54) is 5.56 Å². The summed E-state index contributed by atoms with van der Waals surface area (Å²) in [6.45, 7) is 4.63. The third-order valence-corrected chi connectivity index (χ3v) is 4.36. The van der Waals surface area contributed by atoms with E-state index in [1.54, 1.807) is 0 Å². The highest BCUT2D eigenvalue weighted by atomic mass is 79.9. The summed E-state index contributed by atoms with van der Waals surface area (Å²) in [4.78, 5) is 4.35. The predicted molar refractivity (Wildman–Crippen MR) is 88.0 cm³/mol. The van der Waals surface area contributed by atoms with Gasteiger partial charge in [-0.3, -0.25) is 0 Å². The molecule has 1 fully saturated rings. The molecule has 5 heteroatoms. The van der Waals surface area contributed by atoms with Gasteiger partial charge in [-0.2, -0.15) is 0 Å². The number of ether oxygens (including phenoxy) is 1. The molecule has 2 heterocycles. The minimum absolute atomic E-state index is 0.154. The van der Waals surface area contributed by atoms with E-state index in [0.717, 1.165) is 41.2 Å². The average molecular weight is 348 g/mol. The van der Waals surface area contributed by atoms with Gasteiger partial charge in [-0.05, 0) is 52.2 Å². The first-order chi connectivity index (χ1) is 10.2. The molecule has 110 valence electrons. The van der Waals surface area contributed by atoms with E-state index < -0.39 is 0 Å². The van der Waals surface area contributed by atoms with Gasteiger partial charge in [0.25, 0.3) is 0 Å². The molecule has 0 saturated carbocycles. The Morgan fingerprint density at radius 1 is 1.33 bits per heavy atom. The maximum Gasteiger partial charge on any atom is 0.130 e. The molecule has 3 rings (SSSR count). The minimum atomic E-state index is 0.154. The Bertz CT molecular complexity index is 609. The summed E-state index contributed by atoms with van der Waals surface area (Å²) in [6, 6.07) is 10.3. The summed E-state index contributed by atoms with van der Waals surface area (Å²) in [5.41, 5.74) is 3.38. The number of benzene rings is 1. The van der Waals surface area contributed by atoms with Crippen LogP contribution in [0.3, 0.4) is 0 Å². The van der Waals surface area contributed by atoms with Crippen LogP contribution in [0.2, 0.25) is 0 Å². The van der Waals surface area contributed by atoms with Gasteiger partial charge in [0.15, 0.2) is 0 Å². The lowest BCUT2D eigenvalue weighted by Crippen LogP contribution is -2.33. The summed E-state index contributed by atoms with van der Waals surface area (Å²) in [5.74, 6) is 0.846. The largest absolute Gasteiger partial charge is 0.371 e. The maximum absolute atomic E-state index is 5.75. The van der Waals surface area contributed by atoms with Crippen LogP contribution in [0, 0.1) is 6.92 Å². The van der Waals surface area contributed by atoms with Gasteiger partial charge in [0.1, 0.15) is 5.82 Å². The topological polar surface area (TPSA) is 46.2 Å². The number of aromatic nitrogens is 1. The quantitative estimate of drug-likeness (QED) is 0.891. The number of nitrogens with zero attached hydrogens (tertiary/aromatic N) is 1. The van der Waals surface area contributed by atoms with E-state index in [1.807, 2.05) is 19.2 Å². The van der Waals surface area contributed by atoms with E-state index in [2.05, 4.69) is 55.8 Å². The SMILES string of the molecule is Cc1cc(Nc2ccc(C3CNCCO3)cc2)ncc1Br. The molecule has 1 unspecified atom stereocenters. The van der Waals surface area contributed by atoms with Gasteiger partial charge in [-0.15, -0.1) is 0 Å². The lowest BCUT2D eigenvalue weighted by molar-refractivity contribution is 0.0277. The highest BCUT2D eigenvalue weighted by Gasteiger charge is 2.15. The Morgan fingerprint density at radius 2 is 2.14 bits per heavy atom. The molecule has 1 aliphatic heterocycles. The fourth-order valence-electron chi connectivity index (χ4n) is 2.32. The second-order valence-electron chi connectivity index (χ2n) is 5.13. The Labute approximate surface area is 133 Å². The van der Waals surface area contributed by atoms with Crippen molar-refractivity contribution < 1.29 is 4.74 Å². The fourth-order valence-corrected chi connectivity index (χ4v) is 2.53. The standard InChI is InChI=1S/C16H18BrN3O/c1-11-8-16(19-9-14(11)17)20-13-4-2-12(3-5-13)15-10-18-6-7-21-15/h2-5,8-9,15,18H,6-7,10H2,1H3,(H,19,20). The van der Waals surface area contributed by atoms with Crippen LogP contribution in [0.5, 0.6) is 0 Å². The smallest absolute Gasteiger partial charge is 0.130 e. The lowest BCUT2D eigenvalue weighted by atomic mass is 10.1. The molecule has 2 aromatic rings. The van der Waals surface area contributed by atoms with Gasteiger partial charge in [0.05, 0.1) is 12.7 Å². The van der Waals surface area contributed by atoms with Crippen LogP contribution in [0.25, 0.3) is 0 Å². The number of hydrogen-bond acceptors (Lipinski definition) is 4. The predicted octanol–water partition coefficient (Wildman–Crippen LogP) is 3.56.